The summed E-state index contributed by atoms with van der Waals surface area (Å²) in [6.45, 7) is 5.39. The quantitative estimate of drug-likeness (QED) is 0.234. The second-order valence-electron chi connectivity index (χ2n) is 7.73. The third kappa shape index (κ3) is 7.16. The van der Waals surface area contributed by atoms with Crippen LogP contribution in [0.2, 0.25) is 0 Å². The van der Waals surface area contributed by atoms with Crippen LogP contribution in [0, 0.1) is 5.92 Å². The number of nitrogens with two attached hydrogens (primary N) is 1. The van der Waals surface area contributed by atoms with Crippen molar-refractivity contribution in [2.45, 2.75) is 70.3 Å². The van der Waals surface area contributed by atoms with E-state index in [-0.39, 0.29) is 11.7 Å². The van der Waals surface area contributed by atoms with Gasteiger partial charge >= 0.3 is 5.97 Å². The highest BCUT2D eigenvalue weighted by atomic mass is 32.1. The summed E-state index contributed by atoms with van der Waals surface area (Å²) < 4.78 is 0. The molecule has 6 N–H and O–H groups in total. The predicted molar refractivity (Wildman–Crippen MR) is 109 cm³/mol. The number of amides is 3. The van der Waals surface area contributed by atoms with Crippen LogP contribution in [0.5, 0.6) is 0 Å². The molecule has 166 valence electrons. The number of thiol groups is 1. The van der Waals surface area contributed by atoms with Crippen molar-refractivity contribution >= 4 is 36.3 Å². The number of hydrogen-bond acceptors (Lipinski definition) is 7. The fourth-order valence-corrected chi connectivity index (χ4v) is 3.38. The average Bonchev–Trinajstić information content (AvgIpc) is 3.13. The third-order valence-electron chi connectivity index (χ3n) is 4.78. The Morgan fingerprint density at radius 2 is 1.72 bits per heavy atom. The van der Waals surface area contributed by atoms with Crippen LogP contribution >= 0.6 is 12.6 Å². The van der Waals surface area contributed by atoms with E-state index in [2.05, 4.69) is 23.3 Å². The number of aliphatic carboxylic acids is 1. The van der Waals surface area contributed by atoms with Crippen molar-refractivity contribution < 1.29 is 29.4 Å². The number of rotatable bonds is 10. The zero-order chi connectivity index (χ0) is 22.3. The Balaban J connectivity index is 2.88. The number of aliphatic hydroxyl groups is 1. The van der Waals surface area contributed by atoms with Crippen LogP contribution in [0.25, 0.3) is 0 Å². The van der Waals surface area contributed by atoms with Gasteiger partial charge in [0.1, 0.15) is 24.2 Å². The molecular formula is C18H32N4O6S. The first kappa shape index (κ1) is 25.2. The van der Waals surface area contributed by atoms with E-state index < -0.39 is 54.0 Å². The average molecular weight is 433 g/mol. The monoisotopic (exact) mass is 432 g/mol. The fraction of sp³-hybridized carbons (Fsp3) is 0.778. The zero-order valence-electron chi connectivity index (χ0n) is 17.0. The van der Waals surface area contributed by atoms with Gasteiger partial charge in [-0.2, -0.15) is 12.6 Å². The Hall–Kier alpha value is -1.85. The zero-order valence-corrected chi connectivity index (χ0v) is 17.9. The van der Waals surface area contributed by atoms with Gasteiger partial charge in [-0.25, -0.2) is 4.79 Å². The van der Waals surface area contributed by atoms with Gasteiger partial charge in [-0.15, -0.1) is 0 Å². The number of carbonyl (C=O) groups excluding carboxylic acids is 3. The van der Waals surface area contributed by atoms with E-state index in [4.69, 9.17) is 5.73 Å². The van der Waals surface area contributed by atoms with Crippen molar-refractivity contribution in [3.63, 3.8) is 0 Å². The lowest BCUT2D eigenvalue weighted by Gasteiger charge is -2.28. The van der Waals surface area contributed by atoms with Crippen LogP contribution in [0.15, 0.2) is 0 Å². The molecule has 0 saturated carbocycles. The Bertz CT molecular complexity index is 615. The topological polar surface area (TPSA) is 162 Å². The third-order valence-corrected chi connectivity index (χ3v) is 5.15. The van der Waals surface area contributed by atoms with Gasteiger partial charge in [0.15, 0.2) is 0 Å². The van der Waals surface area contributed by atoms with Crippen LogP contribution in [-0.4, -0.2) is 81.4 Å². The normalized spacial score (nSPS) is 20.7. The fourth-order valence-electron chi connectivity index (χ4n) is 3.14. The van der Waals surface area contributed by atoms with Crippen molar-refractivity contribution in [1.29, 1.82) is 0 Å². The van der Waals surface area contributed by atoms with E-state index in [0.717, 1.165) is 0 Å². The second kappa shape index (κ2) is 11.4. The van der Waals surface area contributed by atoms with E-state index in [0.29, 0.717) is 25.8 Å². The second-order valence-corrected chi connectivity index (χ2v) is 8.09. The minimum atomic E-state index is -1.19. The molecule has 0 aromatic rings. The first-order valence-electron chi connectivity index (χ1n) is 9.68. The van der Waals surface area contributed by atoms with Crippen molar-refractivity contribution in [2.24, 2.45) is 11.7 Å². The van der Waals surface area contributed by atoms with Gasteiger partial charge in [-0.3, -0.25) is 14.4 Å². The molecule has 1 fully saturated rings. The highest BCUT2D eigenvalue weighted by Crippen LogP contribution is 2.19. The molecule has 0 spiro atoms. The molecule has 3 amide bonds. The Labute approximate surface area is 176 Å². The van der Waals surface area contributed by atoms with Gasteiger partial charge in [-0.05, 0) is 32.1 Å². The highest BCUT2D eigenvalue weighted by molar-refractivity contribution is 7.80. The van der Waals surface area contributed by atoms with Gasteiger partial charge in [0.2, 0.25) is 17.7 Å². The number of aliphatic hydroxyl groups excluding tert-OH is 1. The van der Waals surface area contributed by atoms with Crippen molar-refractivity contribution in [2.75, 3.05) is 12.3 Å². The summed E-state index contributed by atoms with van der Waals surface area (Å²) in [7, 11) is 0. The molecule has 1 rings (SSSR count). The number of nitrogens with zero attached hydrogens (tertiary/aromatic N) is 1. The number of nitrogens with one attached hydrogen (secondary N) is 2. The number of hydrogen-bond donors (Lipinski definition) is 6. The minimum absolute atomic E-state index is 0.0249. The van der Waals surface area contributed by atoms with Crippen LogP contribution in [-0.2, 0) is 19.2 Å². The molecule has 5 unspecified atom stereocenters. The maximum atomic E-state index is 12.8. The molecule has 0 bridgehead atoms. The lowest BCUT2D eigenvalue weighted by atomic mass is 10.0. The Morgan fingerprint density at radius 1 is 1.14 bits per heavy atom. The summed E-state index contributed by atoms with van der Waals surface area (Å²) in [4.78, 5) is 50.3. The van der Waals surface area contributed by atoms with Gasteiger partial charge < -0.3 is 31.5 Å². The smallest absolute Gasteiger partial charge is 0.326 e. The van der Waals surface area contributed by atoms with E-state index >= 15 is 0 Å². The molecule has 0 aliphatic carbocycles. The highest BCUT2D eigenvalue weighted by Gasteiger charge is 2.38. The molecule has 5 atom stereocenters. The standard InChI is InChI=1S/C18H32N4O6S/c1-9(2)7-11(20-16(25)14(19)10(3)23)15(24)21-12(8-29)17(26)22-6-4-5-13(22)18(27)28/h9-14,23,29H,4-8,19H2,1-3H3,(H,20,25)(H,21,24)(H,27,28). The molecule has 0 aromatic heterocycles. The van der Waals surface area contributed by atoms with Gasteiger partial charge in [-0.1, -0.05) is 13.8 Å². The maximum absolute atomic E-state index is 12.8. The molecule has 0 radical (unpaired) electrons. The van der Waals surface area contributed by atoms with Crippen molar-refractivity contribution in [3.8, 4) is 0 Å². The molecule has 0 aromatic carbocycles. The molecule has 1 aliphatic heterocycles. The lowest BCUT2D eigenvalue weighted by Crippen LogP contribution is -2.58. The lowest BCUT2D eigenvalue weighted by molar-refractivity contribution is -0.149. The summed E-state index contributed by atoms with van der Waals surface area (Å²) in [5, 5.41) is 23.8. The van der Waals surface area contributed by atoms with Gasteiger partial charge in [0, 0.05) is 12.3 Å². The van der Waals surface area contributed by atoms with Crippen LogP contribution in [0.1, 0.15) is 40.0 Å². The molecular weight excluding hydrogens is 400 g/mol. The molecule has 29 heavy (non-hydrogen) atoms. The van der Waals surface area contributed by atoms with Gasteiger partial charge in [0.25, 0.3) is 0 Å². The molecule has 1 heterocycles. The van der Waals surface area contributed by atoms with Crippen LogP contribution in [0.3, 0.4) is 0 Å². The molecule has 1 saturated heterocycles. The van der Waals surface area contributed by atoms with Crippen molar-refractivity contribution in [1.82, 2.24) is 15.5 Å². The van der Waals surface area contributed by atoms with Gasteiger partial charge in [0.05, 0.1) is 6.10 Å². The Kier molecular flexibility index (Phi) is 9.87. The number of carbonyl (C=O) groups is 4. The predicted octanol–water partition coefficient (Wildman–Crippen LogP) is -1.28. The minimum Gasteiger partial charge on any atom is -0.480 e. The van der Waals surface area contributed by atoms with Crippen LogP contribution < -0.4 is 16.4 Å². The van der Waals surface area contributed by atoms with Crippen LogP contribution in [0.4, 0.5) is 0 Å². The summed E-state index contributed by atoms with van der Waals surface area (Å²) in [6, 6.07) is -4.10. The summed E-state index contributed by atoms with van der Waals surface area (Å²) in [6.07, 6.45) is 0.128. The summed E-state index contributed by atoms with van der Waals surface area (Å²) in [5.74, 6) is -2.86. The summed E-state index contributed by atoms with van der Waals surface area (Å²) >= 11 is 4.12. The number of likely N-dealkylation sites (tertiary alicyclic amines) is 1. The van der Waals surface area contributed by atoms with Crippen molar-refractivity contribution in [3.05, 3.63) is 0 Å². The SMILES string of the molecule is CC(C)CC(NC(=O)C(N)C(C)O)C(=O)NC(CS)C(=O)N1CCCC1C(=O)O. The van der Waals surface area contributed by atoms with E-state index in [1.54, 1.807) is 0 Å². The molecule has 1 aliphatic rings. The maximum Gasteiger partial charge on any atom is 0.326 e. The first-order valence-corrected chi connectivity index (χ1v) is 10.3. The van der Waals surface area contributed by atoms with E-state index in [1.807, 2.05) is 13.8 Å². The summed E-state index contributed by atoms with van der Waals surface area (Å²) in [5.41, 5.74) is 5.62. The van der Waals surface area contributed by atoms with E-state index in [9.17, 15) is 29.4 Å². The van der Waals surface area contributed by atoms with E-state index in [1.165, 1.54) is 11.8 Å². The Morgan fingerprint density at radius 3 is 2.21 bits per heavy atom. The molecule has 11 heteroatoms. The first-order chi connectivity index (χ1) is 13.5. The largest absolute Gasteiger partial charge is 0.480 e. The molecule has 10 nitrogen and oxygen atoms in total. The number of carboxylic acids is 1. The number of carboxylic acid groups (broad SMARTS) is 1.